The number of amides is 1. The Balaban J connectivity index is 1.90. The van der Waals surface area contributed by atoms with Crippen LogP contribution in [0, 0.1) is 5.92 Å². The van der Waals surface area contributed by atoms with Crippen molar-refractivity contribution in [3.8, 4) is 0 Å². The molecule has 0 aromatic carbocycles. The van der Waals surface area contributed by atoms with E-state index in [0.717, 1.165) is 24.6 Å². The standard InChI is InChI=1S/C10H18N2O2S/c1-7-2-3-12(4-9(7)13)10(14)8-5-15-6-11-8/h7-9,11,13H,2-6H2,1H3. The zero-order valence-corrected chi connectivity index (χ0v) is 9.80. The Labute approximate surface area is 94.4 Å². The van der Waals surface area contributed by atoms with Crippen LogP contribution in [0.15, 0.2) is 0 Å². The van der Waals surface area contributed by atoms with Crippen molar-refractivity contribution in [2.45, 2.75) is 25.5 Å². The average molecular weight is 230 g/mol. The first-order valence-corrected chi connectivity index (χ1v) is 6.62. The summed E-state index contributed by atoms with van der Waals surface area (Å²) in [5.41, 5.74) is 0. The molecule has 2 heterocycles. The quantitative estimate of drug-likeness (QED) is 0.659. The first-order valence-electron chi connectivity index (χ1n) is 5.46. The van der Waals surface area contributed by atoms with Gasteiger partial charge >= 0.3 is 0 Å². The number of nitrogens with one attached hydrogen (secondary N) is 1. The summed E-state index contributed by atoms with van der Waals surface area (Å²) in [6.45, 7) is 3.33. The second-order valence-electron chi connectivity index (χ2n) is 4.39. The van der Waals surface area contributed by atoms with Crippen LogP contribution in [-0.4, -0.2) is 52.8 Å². The molecule has 15 heavy (non-hydrogen) atoms. The average Bonchev–Trinajstić information content (AvgIpc) is 2.74. The molecule has 0 aliphatic carbocycles. The Morgan fingerprint density at radius 2 is 2.40 bits per heavy atom. The van der Waals surface area contributed by atoms with Crippen LogP contribution in [0.4, 0.5) is 0 Å². The normalized spacial score (nSPS) is 36.9. The second kappa shape index (κ2) is 4.72. The maximum Gasteiger partial charge on any atom is 0.240 e. The van der Waals surface area contributed by atoms with Crippen LogP contribution in [-0.2, 0) is 4.79 Å². The number of aliphatic hydroxyl groups is 1. The van der Waals surface area contributed by atoms with Crippen LogP contribution in [0.1, 0.15) is 13.3 Å². The van der Waals surface area contributed by atoms with Crippen molar-refractivity contribution in [1.82, 2.24) is 10.2 Å². The molecule has 4 nitrogen and oxygen atoms in total. The van der Waals surface area contributed by atoms with E-state index < -0.39 is 0 Å². The van der Waals surface area contributed by atoms with Crippen LogP contribution < -0.4 is 5.32 Å². The summed E-state index contributed by atoms with van der Waals surface area (Å²) in [6.07, 6.45) is 0.559. The maximum absolute atomic E-state index is 12.0. The molecule has 3 atom stereocenters. The largest absolute Gasteiger partial charge is 0.391 e. The van der Waals surface area contributed by atoms with Gasteiger partial charge in [-0.05, 0) is 12.3 Å². The third-order valence-electron chi connectivity index (χ3n) is 3.24. The van der Waals surface area contributed by atoms with Gasteiger partial charge in [-0.3, -0.25) is 10.1 Å². The first-order chi connectivity index (χ1) is 7.18. The molecule has 0 saturated carbocycles. The SMILES string of the molecule is CC1CCN(C(=O)C2CSCN2)CC1O. The van der Waals surface area contributed by atoms with E-state index in [0.29, 0.717) is 12.5 Å². The highest BCUT2D eigenvalue weighted by atomic mass is 32.2. The van der Waals surface area contributed by atoms with Crippen LogP contribution >= 0.6 is 11.8 Å². The molecule has 0 aromatic rings. The second-order valence-corrected chi connectivity index (χ2v) is 5.42. The summed E-state index contributed by atoms with van der Waals surface area (Å²) in [7, 11) is 0. The number of likely N-dealkylation sites (tertiary alicyclic amines) is 1. The smallest absolute Gasteiger partial charge is 0.240 e. The summed E-state index contributed by atoms with van der Waals surface area (Å²) in [4.78, 5) is 13.8. The van der Waals surface area contributed by atoms with Crippen molar-refractivity contribution < 1.29 is 9.90 Å². The van der Waals surface area contributed by atoms with Gasteiger partial charge in [0.25, 0.3) is 0 Å². The molecule has 1 amide bonds. The van der Waals surface area contributed by atoms with Crippen molar-refractivity contribution in [1.29, 1.82) is 0 Å². The molecular weight excluding hydrogens is 212 g/mol. The van der Waals surface area contributed by atoms with Crippen LogP contribution in [0.5, 0.6) is 0 Å². The molecule has 0 radical (unpaired) electrons. The van der Waals surface area contributed by atoms with Gasteiger partial charge in [-0.1, -0.05) is 6.92 Å². The monoisotopic (exact) mass is 230 g/mol. The number of aliphatic hydroxyl groups excluding tert-OH is 1. The minimum Gasteiger partial charge on any atom is -0.391 e. The zero-order chi connectivity index (χ0) is 10.8. The van der Waals surface area contributed by atoms with Crippen molar-refractivity contribution >= 4 is 17.7 Å². The fourth-order valence-electron chi connectivity index (χ4n) is 2.02. The Hall–Kier alpha value is -0.260. The minimum absolute atomic E-state index is 0.0318. The van der Waals surface area contributed by atoms with Gasteiger partial charge in [0.1, 0.15) is 0 Å². The molecule has 2 aliphatic heterocycles. The summed E-state index contributed by atoms with van der Waals surface area (Å²) in [5.74, 6) is 2.20. The highest BCUT2D eigenvalue weighted by Gasteiger charge is 2.32. The Morgan fingerprint density at radius 3 is 3.00 bits per heavy atom. The van der Waals surface area contributed by atoms with Gasteiger partial charge in [0.05, 0.1) is 12.1 Å². The molecule has 0 bridgehead atoms. The Morgan fingerprint density at radius 1 is 1.60 bits per heavy atom. The van der Waals surface area contributed by atoms with Crippen molar-refractivity contribution in [3.63, 3.8) is 0 Å². The predicted octanol–water partition coefficient (Wildman–Crippen LogP) is -0.122. The van der Waals surface area contributed by atoms with E-state index in [1.54, 1.807) is 16.7 Å². The Kier molecular flexibility index (Phi) is 3.53. The molecule has 2 saturated heterocycles. The molecule has 2 aliphatic rings. The van der Waals surface area contributed by atoms with Gasteiger partial charge < -0.3 is 10.0 Å². The molecule has 2 rings (SSSR count). The number of piperidine rings is 1. The van der Waals surface area contributed by atoms with E-state index >= 15 is 0 Å². The number of hydrogen-bond acceptors (Lipinski definition) is 4. The summed E-state index contributed by atoms with van der Waals surface area (Å²) in [5, 5.41) is 12.9. The van der Waals surface area contributed by atoms with E-state index in [9.17, 15) is 9.90 Å². The third kappa shape index (κ3) is 2.46. The molecule has 86 valence electrons. The molecule has 2 N–H and O–H groups in total. The summed E-state index contributed by atoms with van der Waals surface area (Å²) in [6, 6.07) is -0.0318. The summed E-state index contributed by atoms with van der Waals surface area (Å²) < 4.78 is 0. The maximum atomic E-state index is 12.0. The van der Waals surface area contributed by atoms with Crippen LogP contribution in [0.25, 0.3) is 0 Å². The van der Waals surface area contributed by atoms with Crippen molar-refractivity contribution in [2.75, 3.05) is 24.7 Å². The molecule has 2 fully saturated rings. The first kappa shape index (κ1) is 11.2. The topological polar surface area (TPSA) is 52.6 Å². The number of β-amino-alcohol motifs (C(OH)–C–C–N with tert-alkyl or cyclic N) is 1. The molecule has 0 aromatic heterocycles. The predicted molar refractivity (Wildman–Crippen MR) is 60.6 cm³/mol. The van der Waals surface area contributed by atoms with Gasteiger partial charge in [0.2, 0.25) is 5.91 Å². The number of carbonyl (C=O) groups excluding carboxylic acids is 1. The number of hydrogen-bond donors (Lipinski definition) is 2. The lowest BCUT2D eigenvalue weighted by Gasteiger charge is -2.35. The van der Waals surface area contributed by atoms with Crippen LogP contribution in [0.3, 0.4) is 0 Å². The fraction of sp³-hybridized carbons (Fsp3) is 0.900. The number of thioether (sulfide) groups is 1. The van der Waals surface area contributed by atoms with Crippen molar-refractivity contribution in [2.24, 2.45) is 5.92 Å². The highest BCUT2D eigenvalue weighted by Crippen LogP contribution is 2.19. The van der Waals surface area contributed by atoms with Crippen LogP contribution in [0.2, 0.25) is 0 Å². The third-order valence-corrected chi connectivity index (χ3v) is 4.18. The lowest BCUT2D eigenvalue weighted by Crippen LogP contribution is -2.51. The van der Waals surface area contributed by atoms with E-state index in [-0.39, 0.29) is 18.1 Å². The van der Waals surface area contributed by atoms with Gasteiger partial charge in [-0.2, -0.15) is 0 Å². The number of carbonyl (C=O) groups is 1. The zero-order valence-electron chi connectivity index (χ0n) is 8.98. The molecule has 5 heteroatoms. The summed E-state index contributed by atoms with van der Waals surface area (Å²) >= 11 is 1.75. The van der Waals surface area contributed by atoms with E-state index in [4.69, 9.17) is 0 Å². The van der Waals surface area contributed by atoms with Gasteiger partial charge in [0, 0.05) is 24.7 Å². The van der Waals surface area contributed by atoms with Gasteiger partial charge in [-0.15, -0.1) is 11.8 Å². The Bertz CT molecular complexity index is 244. The lowest BCUT2D eigenvalue weighted by molar-refractivity contribution is -0.136. The fourth-order valence-corrected chi connectivity index (χ4v) is 2.96. The van der Waals surface area contributed by atoms with E-state index in [1.807, 2.05) is 6.92 Å². The van der Waals surface area contributed by atoms with E-state index in [1.165, 1.54) is 0 Å². The number of rotatable bonds is 1. The van der Waals surface area contributed by atoms with Gasteiger partial charge in [0.15, 0.2) is 0 Å². The highest BCUT2D eigenvalue weighted by molar-refractivity contribution is 7.99. The number of nitrogens with zero attached hydrogens (tertiary/aromatic N) is 1. The minimum atomic E-state index is -0.350. The van der Waals surface area contributed by atoms with E-state index in [2.05, 4.69) is 5.32 Å². The van der Waals surface area contributed by atoms with Gasteiger partial charge in [-0.25, -0.2) is 0 Å². The molecule has 0 spiro atoms. The van der Waals surface area contributed by atoms with Crippen molar-refractivity contribution in [3.05, 3.63) is 0 Å². The lowest BCUT2D eigenvalue weighted by atomic mass is 9.96. The molecule has 3 unspecified atom stereocenters. The molecular formula is C10H18N2O2S.